The summed E-state index contributed by atoms with van der Waals surface area (Å²) in [6.07, 6.45) is 2.56. The summed E-state index contributed by atoms with van der Waals surface area (Å²) in [4.78, 5) is 25.5. The second-order valence-electron chi connectivity index (χ2n) is 7.61. The Labute approximate surface area is 159 Å². The fourth-order valence-corrected chi connectivity index (χ4v) is 5.57. The number of carbonyl (C=O) groups excluding carboxylic acids is 1. The summed E-state index contributed by atoms with van der Waals surface area (Å²) in [6, 6.07) is 4.38. The molecule has 0 spiro atoms. The fraction of sp³-hybridized carbons (Fsp3) is 0.611. The van der Waals surface area contributed by atoms with Crippen molar-refractivity contribution in [2.75, 3.05) is 36.0 Å². The van der Waals surface area contributed by atoms with Gasteiger partial charge in [0.1, 0.15) is 0 Å². The SMILES string of the molecule is CC1CCN(c2ccc([N+](=O)[O-])cc2C(=O)NCC2CCS(=O)(=O)C2)CC1. The van der Waals surface area contributed by atoms with E-state index in [1.54, 1.807) is 6.07 Å². The van der Waals surface area contributed by atoms with Crippen molar-refractivity contribution < 1.29 is 18.1 Å². The highest BCUT2D eigenvalue weighted by molar-refractivity contribution is 7.91. The van der Waals surface area contributed by atoms with Crippen molar-refractivity contribution in [2.45, 2.75) is 26.2 Å². The highest BCUT2D eigenvalue weighted by Crippen LogP contribution is 2.29. The van der Waals surface area contributed by atoms with Crippen molar-refractivity contribution in [2.24, 2.45) is 11.8 Å². The van der Waals surface area contributed by atoms with E-state index in [-0.39, 0.29) is 35.2 Å². The summed E-state index contributed by atoms with van der Waals surface area (Å²) < 4.78 is 23.1. The Balaban J connectivity index is 1.77. The molecule has 1 atom stereocenters. The number of carbonyl (C=O) groups is 1. The van der Waals surface area contributed by atoms with Crippen LogP contribution in [-0.2, 0) is 9.84 Å². The van der Waals surface area contributed by atoms with Crippen molar-refractivity contribution in [3.8, 4) is 0 Å². The maximum absolute atomic E-state index is 12.8. The molecule has 8 nitrogen and oxygen atoms in total. The molecule has 1 amide bonds. The number of anilines is 1. The van der Waals surface area contributed by atoms with Gasteiger partial charge in [-0.05, 0) is 37.2 Å². The molecule has 2 heterocycles. The summed E-state index contributed by atoms with van der Waals surface area (Å²) >= 11 is 0. The normalized spacial score (nSPS) is 22.6. The lowest BCUT2D eigenvalue weighted by molar-refractivity contribution is -0.384. The molecule has 0 aromatic heterocycles. The van der Waals surface area contributed by atoms with Gasteiger partial charge in [-0.25, -0.2) is 8.42 Å². The van der Waals surface area contributed by atoms with Gasteiger partial charge in [0.15, 0.2) is 9.84 Å². The molecule has 2 aliphatic heterocycles. The molecule has 2 aliphatic rings. The largest absolute Gasteiger partial charge is 0.371 e. The molecule has 2 fully saturated rings. The third-order valence-electron chi connectivity index (χ3n) is 5.44. The van der Waals surface area contributed by atoms with Gasteiger partial charge < -0.3 is 10.2 Å². The number of amides is 1. The summed E-state index contributed by atoms with van der Waals surface area (Å²) in [5.41, 5.74) is 0.848. The maximum Gasteiger partial charge on any atom is 0.270 e. The van der Waals surface area contributed by atoms with Crippen molar-refractivity contribution in [1.29, 1.82) is 0 Å². The van der Waals surface area contributed by atoms with Crippen LogP contribution in [-0.4, -0.2) is 50.4 Å². The molecule has 1 aromatic carbocycles. The molecule has 0 bridgehead atoms. The van der Waals surface area contributed by atoms with E-state index in [1.807, 2.05) is 0 Å². The number of nitrogens with one attached hydrogen (secondary N) is 1. The number of non-ortho nitro benzene ring substituents is 1. The lowest BCUT2D eigenvalue weighted by Gasteiger charge is -2.33. The number of sulfone groups is 1. The minimum atomic E-state index is -3.01. The van der Waals surface area contributed by atoms with E-state index in [9.17, 15) is 23.3 Å². The number of benzene rings is 1. The van der Waals surface area contributed by atoms with Crippen LogP contribution in [0.3, 0.4) is 0 Å². The smallest absolute Gasteiger partial charge is 0.270 e. The van der Waals surface area contributed by atoms with Crippen LogP contribution in [0.15, 0.2) is 18.2 Å². The van der Waals surface area contributed by atoms with Gasteiger partial charge in [0.25, 0.3) is 11.6 Å². The summed E-state index contributed by atoms with van der Waals surface area (Å²) in [6.45, 7) is 4.06. The van der Waals surface area contributed by atoms with E-state index < -0.39 is 20.7 Å². The fourth-order valence-electron chi connectivity index (χ4n) is 3.71. The lowest BCUT2D eigenvalue weighted by Crippen LogP contribution is -2.36. The van der Waals surface area contributed by atoms with E-state index in [1.165, 1.54) is 12.1 Å². The van der Waals surface area contributed by atoms with Gasteiger partial charge in [-0.1, -0.05) is 6.92 Å². The number of nitro groups is 1. The third-order valence-corrected chi connectivity index (χ3v) is 7.27. The Kier molecular flexibility index (Phi) is 5.69. The Morgan fingerprint density at radius 1 is 1.30 bits per heavy atom. The molecule has 1 N–H and O–H groups in total. The van der Waals surface area contributed by atoms with Crippen LogP contribution >= 0.6 is 0 Å². The highest BCUT2D eigenvalue weighted by atomic mass is 32.2. The minimum absolute atomic E-state index is 0.0824. The molecule has 9 heteroatoms. The standard InChI is InChI=1S/C18H25N3O5S/c1-13-4-7-20(8-5-13)17-3-2-15(21(23)24)10-16(17)18(22)19-11-14-6-9-27(25,26)12-14/h2-3,10,13-14H,4-9,11-12H2,1H3,(H,19,22). The summed E-state index contributed by atoms with van der Waals surface area (Å²) in [7, 11) is -3.01. The van der Waals surface area contributed by atoms with Crippen LogP contribution in [0.4, 0.5) is 11.4 Å². The molecular formula is C18H25N3O5S. The van der Waals surface area contributed by atoms with Crippen LogP contribution < -0.4 is 10.2 Å². The molecule has 1 unspecified atom stereocenters. The first-order chi connectivity index (χ1) is 12.7. The van der Waals surface area contributed by atoms with E-state index >= 15 is 0 Å². The molecule has 1 aromatic rings. The van der Waals surface area contributed by atoms with Gasteiger partial charge >= 0.3 is 0 Å². The Morgan fingerprint density at radius 3 is 2.59 bits per heavy atom. The van der Waals surface area contributed by atoms with Gasteiger partial charge in [0, 0.05) is 31.8 Å². The average molecular weight is 395 g/mol. The van der Waals surface area contributed by atoms with Gasteiger partial charge in [0.05, 0.1) is 27.7 Å². The first-order valence-electron chi connectivity index (χ1n) is 9.27. The van der Waals surface area contributed by atoms with Crippen molar-refractivity contribution >= 4 is 27.1 Å². The lowest BCUT2D eigenvalue weighted by atomic mass is 9.97. The monoisotopic (exact) mass is 395 g/mol. The molecule has 148 valence electrons. The van der Waals surface area contributed by atoms with Crippen LogP contribution in [0, 0.1) is 22.0 Å². The van der Waals surface area contributed by atoms with Crippen molar-refractivity contribution in [3.05, 3.63) is 33.9 Å². The zero-order chi connectivity index (χ0) is 19.6. The topological polar surface area (TPSA) is 110 Å². The van der Waals surface area contributed by atoms with Gasteiger partial charge in [-0.15, -0.1) is 0 Å². The zero-order valence-corrected chi connectivity index (χ0v) is 16.2. The molecule has 3 rings (SSSR count). The molecule has 0 aliphatic carbocycles. The quantitative estimate of drug-likeness (QED) is 0.603. The maximum atomic E-state index is 12.8. The first-order valence-corrected chi connectivity index (χ1v) is 11.1. The third kappa shape index (κ3) is 4.77. The van der Waals surface area contributed by atoms with Gasteiger partial charge in [-0.2, -0.15) is 0 Å². The summed E-state index contributed by atoms with van der Waals surface area (Å²) in [5, 5.41) is 13.9. The van der Waals surface area contributed by atoms with Crippen LogP contribution in [0.1, 0.15) is 36.5 Å². The number of nitro benzene ring substituents is 1. The second kappa shape index (κ2) is 7.84. The zero-order valence-electron chi connectivity index (χ0n) is 15.4. The minimum Gasteiger partial charge on any atom is -0.371 e. The molecule has 27 heavy (non-hydrogen) atoms. The van der Waals surface area contributed by atoms with Crippen LogP contribution in [0.2, 0.25) is 0 Å². The number of hydrogen-bond donors (Lipinski definition) is 1. The van der Waals surface area contributed by atoms with Crippen molar-refractivity contribution in [3.63, 3.8) is 0 Å². The number of piperidine rings is 1. The predicted molar refractivity (Wildman–Crippen MR) is 103 cm³/mol. The van der Waals surface area contributed by atoms with Crippen molar-refractivity contribution in [1.82, 2.24) is 5.32 Å². The van der Waals surface area contributed by atoms with E-state index in [4.69, 9.17) is 0 Å². The highest BCUT2D eigenvalue weighted by Gasteiger charge is 2.29. The Bertz CT molecular complexity index is 831. The van der Waals surface area contributed by atoms with E-state index in [0.29, 0.717) is 18.0 Å². The Hall–Kier alpha value is -2.16. The number of rotatable bonds is 5. The van der Waals surface area contributed by atoms with Gasteiger partial charge in [0.2, 0.25) is 0 Å². The van der Waals surface area contributed by atoms with Crippen LogP contribution in [0.5, 0.6) is 0 Å². The van der Waals surface area contributed by atoms with E-state index in [2.05, 4.69) is 17.1 Å². The Morgan fingerprint density at radius 2 is 2.00 bits per heavy atom. The van der Waals surface area contributed by atoms with E-state index in [0.717, 1.165) is 25.9 Å². The number of nitrogens with zero attached hydrogens (tertiary/aromatic N) is 2. The van der Waals surface area contributed by atoms with Gasteiger partial charge in [-0.3, -0.25) is 14.9 Å². The molecule has 2 saturated heterocycles. The predicted octanol–water partition coefficient (Wildman–Crippen LogP) is 2.00. The molecular weight excluding hydrogens is 370 g/mol. The van der Waals surface area contributed by atoms with Crippen LogP contribution in [0.25, 0.3) is 0 Å². The number of hydrogen-bond acceptors (Lipinski definition) is 6. The molecule has 0 radical (unpaired) electrons. The first kappa shape index (κ1) is 19.6. The molecule has 0 saturated carbocycles. The summed E-state index contributed by atoms with van der Waals surface area (Å²) in [5.74, 6) is 0.370. The average Bonchev–Trinajstić information content (AvgIpc) is 2.98. The second-order valence-corrected chi connectivity index (χ2v) is 9.84.